The van der Waals surface area contributed by atoms with E-state index in [9.17, 15) is 4.79 Å². The van der Waals surface area contributed by atoms with Crippen LogP contribution in [-0.4, -0.2) is 23.1 Å². The van der Waals surface area contributed by atoms with E-state index >= 15 is 0 Å². The highest BCUT2D eigenvalue weighted by molar-refractivity contribution is 5.37. The van der Waals surface area contributed by atoms with Gasteiger partial charge in [0.05, 0.1) is 0 Å². The average Bonchev–Trinajstić information content (AvgIpc) is 2.24. The van der Waals surface area contributed by atoms with E-state index in [0.29, 0.717) is 0 Å². The highest BCUT2D eigenvalue weighted by Crippen LogP contribution is 2.08. The number of hydrogen-bond acceptors (Lipinski definition) is 3. The Morgan fingerprint density at radius 2 is 2.13 bits per heavy atom. The lowest BCUT2D eigenvalue weighted by Crippen LogP contribution is -2.27. The number of nitrogens with zero attached hydrogens (tertiary/aromatic N) is 2. The van der Waals surface area contributed by atoms with Crippen LogP contribution in [0.5, 0.6) is 0 Å². The Balaban J connectivity index is 3.00. The minimum Gasteiger partial charge on any atom is -0.357 e. The van der Waals surface area contributed by atoms with Gasteiger partial charge < -0.3 is 9.88 Å². The topological polar surface area (TPSA) is 49.0 Å². The van der Waals surface area contributed by atoms with E-state index in [1.807, 2.05) is 6.92 Å². The predicted molar refractivity (Wildman–Crippen MR) is 62.4 cm³/mol. The number of rotatable bonds is 5. The molecule has 1 aromatic rings. The summed E-state index contributed by atoms with van der Waals surface area (Å²) >= 11 is 0. The van der Waals surface area contributed by atoms with E-state index in [4.69, 9.17) is 0 Å². The third kappa shape index (κ3) is 3.08. The normalized spacial score (nSPS) is 10.3. The molecule has 0 aliphatic rings. The second-order valence-corrected chi connectivity index (χ2v) is 3.48. The van der Waals surface area contributed by atoms with Gasteiger partial charge in [0.25, 0.3) is 5.56 Å². The lowest BCUT2D eigenvalue weighted by molar-refractivity contribution is 0.765. The first kappa shape index (κ1) is 11.8. The number of hydrogen-bond donors (Lipinski definition) is 1. The van der Waals surface area contributed by atoms with Crippen LogP contribution in [0.2, 0.25) is 0 Å². The summed E-state index contributed by atoms with van der Waals surface area (Å²) in [5.74, 6) is 1.55. The number of H-pyrrole nitrogens is 1. The first-order chi connectivity index (χ1) is 7.21. The van der Waals surface area contributed by atoms with Crippen molar-refractivity contribution in [1.29, 1.82) is 0 Å². The molecule has 84 valence electrons. The lowest BCUT2D eigenvalue weighted by Gasteiger charge is -2.21. The van der Waals surface area contributed by atoms with Gasteiger partial charge in [-0.05, 0) is 13.3 Å². The number of anilines is 1. The maximum atomic E-state index is 11.4. The molecule has 0 bridgehead atoms. The summed E-state index contributed by atoms with van der Waals surface area (Å²) in [4.78, 5) is 20.6. The summed E-state index contributed by atoms with van der Waals surface area (Å²) in [7, 11) is 0. The fourth-order valence-electron chi connectivity index (χ4n) is 1.53. The van der Waals surface area contributed by atoms with Crippen molar-refractivity contribution in [3.05, 3.63) is 22.2 Å². The fourth-order valence-corrected chi connectivity index (χ4v) is 1.53. The van der Waals surface area contributed by atoms with Gasteiger partial charge in [0.1, 0.15) is 11.6 Å². The predicted octanol–water partition coefficient (Wildman–Crippen LogP) is 1.57. The third-order valence-corrected chi connectivity index (χ3v) is 2.31. The summed E-state index contributed by atoms with van der Waals surface area (Å²) < 4.78 is 0. The summed E-state index contributed by atoms with van der Waals surface area (Å²) in [6.07, 6.45) is 1.82. The number of nitrogens with one attached hydrogen (secondary N) is 1. The first-order valence-corrected chi connectivity index (χ1v) is 5.56. The number of aryl methyl sites for hydroxylation is 1. The SMILES string of the molecule is CCCN(CC)c1cc(=O)[nH]c(CC)n1. The summed E-state index contributed by atoms with van der Waals surface area (Å²) in [6.45, 7) is 8.00. The largest absolute Gasteiger partial charge is 0.357 e. The third-order valence-electron chi connectivity index (χ3n) is 2.31. The molecule has 4 heteroatoms. The zero-order chi connectivity index (χ0) is 11.3. The van der Waals surface area contributed by atoms with Crippen molar-refractivity contribution in [3.63, 3.8) is 0 Å². The molecule has 0 spiro atoms. The van der Waals surface area contributed by atoms with Gasteiger partial charge in [-0.3, -0.25) is 4.79 Å². The molecule has 1 aromatic heterocycles. The Hall–Kier alpha value is -1.32. The van der Waals surface area contributed by atoms with Gasteiger partial charge in [-0.15, -0.1) is 0 Å². The van der Waals surface area contributed by atoms with Crippen LogP contribution in [0.3, 0.4) is 0 Å². The van der Waals surface area contributed by atoms with Crippen molar-refractivity contribution in [2.24, 2.45) is 0 Å². The molecule has 0 fully saturated rings. The zero-order valence-corrected chi connectivity index (χ0v) is 9.71. The molecule has 0 saturated heterocycles. The molecule has 0 aliphatic heterocycles. The molecule has 15 heavy (non-hydrogen) atoms. The maximum absolute atomic E-state index is 11.4. The smallest absolute Gasteiger partial charge is 0.252 e. The molecule has 0 amide bonds. The maximum Gasteiger partial charge on any atom is 0.252 e. The van der Waals surface area contributed by atoms with E-state index in [1.165, 1.54) is 0 Å². The van der Waals surface area contributed by atoms with Gasteiger partial charge in [0, 0.05) is 25.6 Å². The Morgan fingerprint density at radius 1 is 1.40 bits per heavy atom. The first-order valence-electron chi connectivity index (χ1n) is 5.56. The van der Waals surface area contributed by atoms with Gasteiger partial charge in [-0.25, -0.2) is 4.98 Å². The van der Waals surface area contributed by atoms with E-state index in [-0.39, 0.29) is 5.56 Å². The molecular formula is C11H19N3O. The average molecular weight is 209 g/mol. The quantitative estimate of drug-likeness (QED) is 0.800. The Labute approximate surface area is 90.3 Å². The van der Waals surface area contributed by atoms with E-state index in [1.54, 1.807) is 6.07 Å². The highest BCUT2D eigenvalue weighted by Gasteiger charge is 2.06. The minimum absolute atomic E-state index is 0.0635. The fraction of sp³-hybridized carbons (Fsp3) is 0.636. The molecule has 0 aromatic carbocycles. The Bertz CT molecular complexity index is 359. The lowest BCUT2D eigenvalue weighted by atomic mass is 10.3. The van der Waals surface area contributed by atoms with Crippen LogP contribution < -0.4 is 10.5 Å². The van der Waals surface area contributed by atoms with Crippen molar-refractivity contribution in [2.45, 2.75) is 33.6 Å². The van der Waals surface area contributed by atoms with Crippen molar-refractivity contribution in [3.8, 4) is 0 Å². The van der Waals surface area contributed by atoms with E-state index in [0.717, 1.165) is 37.6 Å². The number of aromatic nitrogens is 2. The molecule has 0 unspecified atom stereocenters. The van der Waals surface area contributed by atoms with Crippen molar-refractivity contribution in [1.82, 2.24) is 9.97 Å². The van der Waals surface area contributed by atoms with Crippen LogP contribution in [0.4, 0.5) is 5.82 Å². The minimum atomic E-state index is -0.0635. The van der Waals surface area contributed by atoms with Gasteiger partial charge in [-0.1, -0.05) is 13.8 Å². The van der Waals surface area contributed by atoms with Gasteiger partial charge >= 0.3 is 0 Å². The highest BCUT2D eigenvalue weighted by atomic mass is 16.1. The van der Waals surface area contributed by atoms with Crippen LogP contribution >= 0.6 is 0 Å². The molecule has 0 saturated carbocycles. The van der Waals surface area contributed by atoms with Crippen LogP contribution in [0.15, 0.2) is 10.9 Å². The molecule has 1 heterocycles. The van der Waals surface area contributed by atoms with Gasteiger partial charge in [0.15, 0.2) is 0 Å². The van der Waals surface area contributed by atoms with Crippen molar-refractivity contribution < 1.29 is 0 Å². The summed E-state index contributed by atoms with van der Waals surface area (Å²) in [5, 5.41) is 0. The second-order valence-electron chi connectivity index (χ2n) is 3.48. The molecular weight excluding hydrogens is 190 g/mol. The van der Waals surface area contributed by atoms with Crippen LogP contribution in [-0.2, 0) is 6.42 Å². The zero-order valence-electron chi connectivity index (χ0n) is 9.71. The second kappa shape index (κ2) is 5.53. The van der Waals surface area contributed by atoms with E-state index < -0.39 is 0 Å². The Kier molecular flexibility index (Phi) is 4.34. The van der Waals surface area contributed by atoms with E-state index in [2.05, 4.69) is 28.7 Å². The van der Waals surface area contributed by atoms with Crippen LogP contribution in [0.25, 0.3) is 0 Å². The standard InChI is InChI=1S/C11H19N3O/c1-4-7-14(6-3)10-8-11(15)13-9(5-2)12-10/h8H,4-7H2,1-3H3,(H,12,13,15). The Morgan fingerprint density at radius 3 is 2.67 bits per heavy atom. The monoisotopic (exact) mass is 209 g/mol. The molecule has 1 N–H and O–H groups in total. The van der Waals surface area contributed by atoms with Gasteiger partial charge in [-0.2, -0.15) is 0 Å². The van der Waals surface area contributed by atoms with Crippen LogP contribution in [0.1, 0.15) is 33.0 Å². The molecule has 1 rings (SSSR count). The molecule has 0 aliphatic carbocycles. The number of aromatic amines is 1. The molecule has 0 atom stereocenters. The molecule has 0 radical (unpaired) electrons. The van der Waals surface area contributed by atoms with Gasteiger partial charge in [0.2, 0.25) is 0 Å². The van der Waals surface area contributed by atoms with Crippen molar-refractivity contribution >= 4 is 5.82 Å². The summed E-state index contributed by atoms with van der Waals surface area (Å²) in [5.41, 5.74) is -0.0635. The van der Waals surface area contributed by atoms with Crippen LogP contribution in [0, 0.1) is 0 Å². The molecule has 4 nitrogen and oxygen atoms in total. The summed E-state index contributed by atoms with van der Waals surface area (Å²) in [6, 6.07) is 1.57. The van der Waals surface area contributed by atoms with Crippen molar-refractivity contribution in [2.75, 3.05) is 18.0 Å².